The average Bonchev–Trinajstić information content (AvgIpc) is 2.88. The fraction of sp³-hybridized carbons (Fsp3) is 0.533. The number of carbonyl (C=O) groups excluding carboxylic acids is 2. The number of ether oxygens (including phenoxy) is 1. The van der Waals surface area contributed by atoms with Gasteiger partial charge in [-0.1, -0.05) is 6.07 Å². The number of nitrogens with zero attached hydrogens (tertiary/aromatic N) is 1. The summed E-state index contributed by atoms with van der Waals surface area (Å²) in [6, 6.07) is 3.53. The van der Waals surface area contributed by atoms with Gasteiger partial charge in [0.15, 0.2) is 0 Å². The highest BCUT2D eigenvalue weighted by Crippen LogP contribution is 2.39. The van der Waals surface area contributed by atoms with Crippen LogP contribution in [-0.2, 0) is 20.7 Å². The van der Waals surface area contributed by atoms with E-state index in [4.69, 9.17) is 4.74 Å². The van der Waals surface area contributed by atoms with Crippen molar-refractivity contribution < 1.29 is 14.3 Å². The molecule has 1 aliphatic heterocycles. The Morgan fingerprint density at radius 1 is 1.38 bits per heavy atom. The van der Waals surface area contributed by atoms with E-state index in [2.05, 4.69) is 15.6 Å². The largest absolute Gasteiger partial charge is 0.376 e. The monoisotopic (exact) mass is 289 g/mol. The van der Waals surface area contributed by atoms with Crippen LogP contribution in [0.3, 0.4) is 0 Å². The maximum absolute atomic E-state index is 12.1. The molecule has 4 atom stereocenters. The molecular weight excluding hydrogens is 270 g/mol. The summed E-state index contributed by atoms with van der Waals surface area (Å²) in [6.45, 7) is 2.18. The predicted molar refractivity (Wildman–Crippen MR) is 75.3 cm³/mol. The molecule has 0 aromatic carbocycles. The summed E-state index contributed by atoms with van der Waals surface area (Å²) in [5.41, 5.74) is 0.879. The third kappa shape index (κ3) is 2.90. The van der Waals surface area contributed by atoms with Crippen LogP contribution in [0.5, 0.6) is 0 Å². The van der Waals surface area contributed by atoms with Gasteiger partial charge < -0.3 is 15.4 Å². The van der Waals surface area contributed by atoms with Gasteiger partial charge in [-0.05, 0) is 18.1 Å². The molecule has 2 amide bonds. The molecule has 1 aromatic rings. The zero-order valence-electron chi connectivity index (χ0n) is 11.9. The van der Waals surface area contributed by atoms with Crippen molar-refractivity contribution in [2.75, 3.05) is 6.61 Å². The number of hydrogen-bond acceptors (Lipinski definition) is 4. The molecule has 0 bridgehead atoms. The van der Waals surface area contributed by atoms with E-state index in [1.54, 1.807) is 12.4 Å². The van der Waals surface area contributed by atoms with Gasteiger partial charge in [-0.25, -0.2) is 0 Å². The maximum Gasteiger partial charge on any atom is 0.224 e. The van der Waals surface area contributed by atoms with Gasteiger partial charge in [-0.15, -0.1) is 0 Å². The molecule has 3 rings (SSSR count). The lowest BCUT2D eigenvalue weighted by Crippen LogP contribution is -2.70. The molecule has 6 heteroatoms. The molecule has 1 saturated carbocycles. The average molecular weight is 289 g/mol. The van der Waals surface area contributed by atoms with E-state index >= 15 is 0 Å². The Morgan fingerprint density at radius 2 is 2.24 bits per heavy atom. The van der Waals surface area contributed by atoms with E-state index < -0.39 is 0 Å². The van der Waals surface area contributed by atoms with Crippen molar-refractivity contribution in [1.82, 2.24) is 15.6 Å². The summed E-state index contributed by atoms with van der Waals surface area (Å²) in [7, 11) is 0. The molecule has 112 valence electrons. The Morgan fingerprint density at radius 3 is 2.95 bits per heavy atom. The van der Waals surface area contributed by atoms with E-state index in [-0.39, 0.29) is 30.0 Å². The molecular formula is C15H19N3O3. The second-order valence-electron chi connectivity index (χ2n) is 5.65. The maximum atomic E-state index is 12.1. The number of pyridine rings is 1. The van der Waals surface area contributed by atoms with Gasteiger partial charge >= 0.3 is 0 Å². The normalized spacial score (nSPS) is 30.1. The summed E-state index contributed by atoms with van der Waals surface area (Å²) < 4.78 is 5.62. The number of rotatable bonds is 4. The van der Waals surface area contributed by atoms with E-state index in [0.717, 1.165) is 12.0 Å². The minimum atomic E-state index is -0.118. The first-order valence-electron chi connectivity index (χ1n) is 7.22. The summed E-state index contributed by atoms with van der Waals surface area (Å²) in [6.07, 6.45) is 4.64. The summed E-state index contributed by atoms with van der Waals surface area (Å²) >= 11 is 0. The van der Waals surface area contributed by atoms with Crippen LogP contribution in [0.15, 0.2) is 24.5 Å². The fourth-order valence-electron chi connectivity index (χ4n) is 3.24. The van der Waals surface area contributed by atoms with Crippen LogP contribution >= 0.6 is 0 Å². The third-order valence-corrected chi connectivity index (χ3v) is 4.17. The van der Waals surface area contributed by atoms with Crippen LogP contribution in [0.1, 0.15) is 18.9 Å². The number of fused-ring (bicyclic) bond motifs is 1. The highest BCUT2D eigenvalue weighted by molar-refractivity contribution is 5.79. The second kappa shape index (κ2) is 5.81. The summed E-state index contributed by atoms with van der Waals surface area (Å²) in [5, 5.41) is 5.91. The Hall–Kier alpha value is -1.95. The van der Waals surface area contributed by atoms with Crippen LogP contribution in [-0.4, -0.2) is 41.6 Å². The lowest BCUT2D eigenvalue weighted by atomic mass is 9.71. The van der Waals surface area contributed by atoms with Gasteiger partial charge in [-0.3, -0.25) is 14.6 Å². The van der Waals surface area contributed by atoms with E-state index in [0.29, 0.717) is 18.9 Å². The quantitative estimate of drug-likeness (QED) is 0.819. The Labute approximate surface area is 123 Å². The van der Waals surface area contributed by atoms with E-state index in [9.17, 15) is 9.59 Å². The Balaban J connectivity index is 1.60. The number of hydrogen-bond donors (Lipinski definition) is 2. The zero-order valence-corrected chi connectivity index (χ0v) is 11.9. The minimum absolute atomic E-state index is 0.0365. The zero-order chi connectivity index (χ0) is 14.8. The highest BCUT2D eigenvalue weighted by Gasteiger charge is 2.54. The number of nitrogens with one attached hydrogen (secondary N) is 2. The van der Waals surface area contributed by atoms with Crippen LogP contribution < -0.4 is 10.6 Å². The van der Waals surface area contributed by atoms with Crippen molar-refractivity contribution in [1.29, 1.82) is 0 Å². The van der Waals surface area contributed by atoms with Gasteiger partial charge in [0.25, 0.3) is 0 Å². The van der Waals surface area contributed by atoms with Crippen molar-refractivity contribution in [3.8, 4) is 0 Å². The van der Waals surface area contributed by atoms with Gasteiger partial charge in [0.2, 0.25) is 11.8 Å². The molecule has 2 fully saturated rings. The second-order valence-corrected chi connectivity index (χ2v) is 5.65. The highest BCUT2D eigenvalue weighted by atomic mass is 16.5. The number of aromatic nitrogens is 1. The Kier molecular flexibility index (Phi) is 3.88. The molecule has 2 heterocycles. The summed E-state index contributed by atoms with van der Waals surface area (Å²) in [4.78, 5) is 27.4. The van der Waals surface area contributed by atoms with Crippen LogP contribution in [0.25, 0.3) is 0 Å². The smallest absolute Gasteiger partial charge is 0.224 e. The van der Waals surface area contributed by atoms with Gasteiger partial charge in [0.1, 0.15) is 0 Å². The van der Waals surface area contributed by atoms with Crippen LogP contribution in [0.4, 0.5) is 0 Å². The SMILES string of the molecule is CC(=O)N[C@@H]1[C@@H](NC(=O)Cc2cccnc2)[C@H]2CCO[C@H]21. The van der Waals surface area contributed by atoms with Crippen molar-refractivity contribution >= 4 is 11.8 Å². The standard InChI is InChI=1S/C15H19N3O3/c1-9(19)17-14-13(11-4-6-21-15(11)14)18-12(20)7-10-3-2-5-16-8-10/h2-3,5,8,11,13-15H,4,6-7H2,1H3,(H,17,19)(H,18,20)/t11-,13+,14-,15-/m1/s1. The Bertz CT molecular complexity index is 534. The first kappa shape index (κ1) is 14.0. The predicted octanol–water partition coefficient (Wildman–Crippen LogP) is 0.0323. The molecule has 6 nitrogen and oxygen atoms in total. The number of amides is 2. The molecule has 2 N–H and O–H groups in total. The van der Waals surface area contributed by atoms with E-state index in [1.807, 2.05) is 12.1 Å². The van der Waals surface area contributed by atoms with Gasteiger partial charge in [0, 0.05) is 31.8 Å². The minimum Gasteiger partial charge on any atom is -0.376 e. The van der Waals surface area contributed by atoms with E-state index in [1.165, 1.54) is 6.92 Å². The van der Waals surface area contributed by atoms with Gasteiger partial charge in [-0.2, -0.15) is 0 Å². The van der Waals surface area contributed by atoms with Crippen LogP contribution in [0.2, 0.25) is 0 Å². The molecule has 1 aliphatic carbocycles. The van der Waals surface area contributed by atoms with Crippen molar-refractivity contribution in [3.63, 3.8) is 0 Å². The molecule has 0 spiro atoms. The van der Waals surface area contributed by atoms with Crippen LogP contribution in [0, 0.1) is 5.92 Å². The molecule has 1 aromatic heterocycles. The summed E-state index contributed by atoms with van der Waals surface area (Å²) in [5.74, 6) is 0.161. The van der Waals surface area contributed by atoms with Crippen molar-refractivity contribution in [2.24, 2.45) is 5.92 Å². The first-order valence-corrected chi connectivity index (χ1v) is 7.22. The fourth-order valence-corrected chi connectivity index (χ4v) is 3.24. The topological polar surface area (TPSA) is 80.3 Å². The number of carbonyl (C=O) groups is 2. The lowest BCUT2D eigenvalue weighted by Gasteiger charge is -2.47. The lowest BCUT2D eigenvalue weighted by molar-refractivity contribution is -0.129. The van der Waals surface area contributed by atoms with Gasteiger partial charge in [0.05, 0.1) is 24.6 Å². The van der Waals surface area contributed by atoms with Crippen molar-refractivity contribution in [2.45, 2.75) is 38.0 Å². The molecule has 2 aliphatic rings. The molecule has 0 radical (unpaired) electrons. The first-order chi connectivity index (χ1) is 10.1. The third-order valence-electron chi connectivity index (χ3n) is 4.17. The molecule has 1 saturated heterocycles. The molecule has 0 unspecified atom stereocenters. The molecule has 21 heavy (non-hydrogen) atoms. The van der Waals surface area contributed by atoms with Crippen molar-refractivity contribution in [3.05, 3.63) is 30.1 Å².